The van der Waals surface area contributed by atoms with Gasteiger partial charge in [0, 0.05) is 37.9 Å². The highest BCUT2D eigenvalue weighted by molar-refractivity contribution is 7.80. The number of hydrogen-bond acceptors (Lipinski definition) is 4. The van der Waals surface area contributed by atoms with Gasteiger partial charge in [0.1, 0.15) is 4.99 Å². The summed E-state index contributed by atoms with van der Waals surface area (Å²) in [5.74, 6) is 0.201. The van der Waals surface area contributed by atoms with Crippen LogP contribution in [0.15, 0.2) is 18.3 Å². The molecule has 1 aromatic rings. The van der Waals surface area contributed by atoms with Gasteiger partial charge >= 0.3 is 0 Å². The molecule has 0 bridgehead atoms. The smallest absolute Gasteiger partial charge is 0.222 e. The number of carbonyl (C=O) groups excluding carboxylic acids is 1. The summed E-state index contributed by atoms with van der Waals surface area (Å²) in [6.07, 6.45) is 3.10. The molecule has 1 aliphatic rings. The van der Waals surface area contributed by atoms with Gasteiger partial charge < -0.3 is 16.0 Å². The molecule has 1 saturated heterocycles. The summed E-state index contributed by atoms with van der Waals surface area (Å²) in [4.78, 5) is 17.5. The Hall–Kier alpha value is -1.69. The van der Waals surface area contributed by atoms with Gasteiger partial charge in [-0.2, -0.15) is 0 Å². The average molecular weight is 264 g/mol. The fourth-order valence-corrected chi connectivity index (χ4v) is 2.13. The maximum atomic E-state index is 11.4. The van der Waals surface area contributed by atoms with E-state index < -0.39 is 0 Å². The Morgan fingerprint density at radius 2 is 2.44 bits per heavy atom. The maximum absolute atomic E-state index is 11.4. The molecule has 2 rings (SSSR count). The molecule has 1 atom stereocenters. The average Bonchev–Trinajstić information content (AvgIpc) is 2.34. The number of likely N-dealkylation sites (tertiary alicyclic amines) is 1. The van der Waals surface area contributed by atoms with Crippen molar-refractivity contribution in [3.8, 4) is 0 Å². The molecule has 1 aromatic heterocycles. The number of aromatic nitrogens is 1. The number of piperidine rings is 1. The number of nitrogens with zero attached hydrogens (tertiary/aromatic N) is 2. The number of hydrogen-bond donors (Lipinski definition) is 2. The van der Waals surface area contributed by atoms with Gasteiger partial charge in [-0.3, -0.25) is 9.78 Å². The van der Waals surface area contributed by atoms with E-state index in [4.69, 9.17) is 18.0 Å². The van der Waals surface area contributed by atoms with E-state index in [2.05, 4.69) is 10.3 Å². The molecular formula is C12H16N4OS. The van der Waals surface area contributed by atoms with Crippen molar-refractivity contribution in [1.82, 2.24) is 9.88 Å². The van der Waals surface area contributed by atoms with E-state index in [1.165, 1.54) is 0 Å². The predicted octanol–water partition coefficient (Wildman–Crippen LogP) is 0.749. The zero-order chi connectivity index (χ0) is 13.1. The van der Waals surface area contributed by atoms with Crippen molar-refractivity contribution >= 4 is 28.8 Å². The second-order valence-electron chi connectivity index (χ2n) is 4.45. The van der Waals surface area contributed by atoms with Crippen LogP contribution >= 0.6 is 12.2 Å². The number of likely N-dealkylation sites (N-methyl/N-ethyl adjacent to an activating group) is 1. The molecule has 0 spiro atoms. The first kappa shape index (κ1) is 12.8. The van der Waals surface area contributed by atoms with Crippen molar-refractivity contribution in [2.75, 3.05) is 18.9 Å². The SMILES string of the molecule is CN1CC(Nc2ccnc(C(N)=S)c2)CCC1=O. The van der Waals surface area contributed by atoms with Crippen molar-refractivity contribution in [1.29, 1.82) is 0 Å². The van der Waals surface area contributed by atoms with Crippen LogP contribution in [0.5, 0.6) is 0 Å². The third kappa shape index (κ3) is 2.95. The molecule has 96 valence electrons. The largest absolute Gasteiger partial charge is 0.388 e. The summed E-state index contributed by atoms with van der Waals surface area (Å²) in [7, 11) is 1.82. The van der Waals surface area contributed by atoms with Gasteiger partial charge in [0.25, 0.3) is 0 Å². The van der Waals surface area contributed by atoms with Crippen LogP contribution in [0.3, 0.4) is 0 Å². The van der Waals surface area contributed by atoms with Gasteiger partial charge in [-0.25, -0.2) is 0 Å². The summed E-state index contributed by atoms with van der Waals surface area (Å²) in [6.45, 7) is 0.712. The number of anilines is 1. The summed E-state index contributed by atoms with van der Waals surface area (Å²) >= 11 is 4.89. The number of rotatable bonds is 3. The Morgan fingerprint density at radius 1 is 1.67 bits per heavy atom. The van der Waals surface area contributed by atoms with Crippen LogP contribution in [-0.4, -0.2) is 40.4 Å². The van der Waals surface area contributed by atoms with Crippen molar-refractivity contribution in [3.05, 3.63) is 24.0 Å². The first-order chi connectivity index (χ1) is 8.56. The van der Waals surface area contributed by atoms with Crippen molar-refractivity contribution in [3.63, 3.8) is 0 Å². The summed E-state index contributed by atoms with van der Waals surface area (Å²) in [5, 5.41) is 3.38. The van der Waals surface area contributed by atoms with Crippen LogP contribution in [-0.2, 0) is 4.79 Å². The molecule has 1 amide bonds. The Labute approximate surface area is 111 Å². The predicted molar refractivity (Wildman–Crippen MR) is 74.4 cm³/mol. The molecule has 0 aliphatic carbocycles. The van der Waals surface area contributed by atoms with Crippen LogP contribution in [0.4, 0.5) is 5.69 Å². The molecule has 6 heteroatoms. The molecule has 1 aliphatic heterocycles. The maximum Gasteiger partial charge on any atom is 0.222 e. The Kier molecular flexibility index (Phi) is 3.76. The molecule has 3 N–H and O–H groups in total. The lowest BCUT2D eigenvalue weighted by Gasteiger charge is -2.30. The fourth-order valence-electron chi connectivity index (χ4n) is 2.02. The number of carbonyl (C=O) groups is 1. The monoisotopic (exact) mass is 264 g/mol. The van der Waals surface area contributed by atoms with E-state index in [0.717, 1.165) is 12.1 Å². The van der Waals surface area contributed by atoms with E-state index in [9.17, 15) is 4.79 Å². The summed E-state index contributed by atoms with van der Waals surface area (Å²) < 4.78 is 0. The van der Waals surface area contributed by atoms with Gasteiger partial charge in [0.2, 0.25) is 5.91 Å². The van der Waals surface area contributed by atoms with Crippen molar-refractivity contribution in [2.45, 2.75) is 18.9 Å². The van der Waals surface area contributed by atoms with E-state index >= 15 is 0 Å². The van der Waals surface area contributed by atoms with Gasteiger partial charge in [-0.1, -0.05) is 12.2 Å². The van der Waals surface area contributed by atoms with Gasteiger partial charge in [-0.05, 0) is 18.6 Å². The second kappa shape index (κ2) is 5.30. The van der Waals surface area contributed by atoms with Crippen LogP contribution in [0, 0.1) is 0 Å². The zero-order valence-corrected chi connectivity index (χ0v) is 11.0. The van der Waals surface area contributed by atoms with Gasteiger partial charge in [0.15, 0.2) is 0 Å². The fraction of sp³-hybridized carbons (Fsp3) is 0.417. The van der Waals surface area contributed by atoms with Crippen molar-refractivity contribution in [2.24, 2.45) is 5.73 Å². The third-order valence-corrected chi connectivity index (χ3v) is 3.22. The topological polar surface area (TPSA) is 71.2 Å². The second-order valence-corrected chi connectivity index (χ2v) is 4.89. The molecule has 18 heavy (non-hydrogen) atoms. The van der Waals surface area contributed by atoms with Crippen LogP contribution in [0.1, 0.15) is 18.5 Å². The molecule has 2 heterocycles. The normalized spacial score (nSPS) is 19.7. The first-order valence-corrected chi connectivity index (χ1v) is 6.23. The molecule has 0 saturated carbocycles. The summed E-state index contributed by atoms with van der Waals surface area (Å²) in [6, 6.07) is 3.96. The minimum Gasteiger partial charge on any atom is -0.388 e. The molecule has 1 unspecified atom stereocenters. The number of nitrogens with one attached hydrogen (secondary N) is 1. The number of thiocarbonyl (C=S) groups is 1. The number of amides is 1. The molecular weight excluding hydrogens is 248 g/mol. The van der Waals surface area contributed by atoms with Gasteiger partial charge in [0.05, 0.1) is 5.69 Å². The number of pyridine rings is 1. The lowest BCUT2D eigenvalue weighted by atomic mass is 10.1. The van der Waals surface area contributed by atoms with Crippen LogP contribution in [0.25, 0.3) is 0 Å². The third-order valence-electron chi connectivity index (χ3n) is 3.01. The molecule has 5 nitrogen and oxygen atoms in total. The minimum absolute atomic E-state index is 0.201. The van der Waals surface area contributed by atoms with E-state index in [1.807, 2.05) is 19.2 Å². The Balaban J connectivity index is 2.03. The highest BCUT2D eigenvalue weighted by atomic mass is 32.1. The highest BCUT2D eigenvalue weighted by Gasteiger charge is 2.22. The van der Waals surface area contributed by atoms with Crippen LogP contribution < -0.4 is 11.1 Å². The minimum atomic E-state index is 0.201. The van der Waals surface area contributed by atoms with E-state index in [1.54, 1.807) is 11.1 Å². The zero-order valence-electron chi connectivity index (χ0n) is 10.2. The standard InChI is InChI=1S/C12H16N4OS/c1-16-7-9(2-3-11(16)17)15-8-4-5-14-10(6-8)12(13)18/h4-6,9H,2-3,7H2,1H3,(H2,13,18)(H,14,15). The highest BCUT2D eigenvalue weighted by Crippen LogP contribution is 2.16. The molecule has 1 fully saturated rings. The van der Waals surface area contributed by atoms with Crippen LogP contribution in [0.2, 0.25) is 0 Å². The summed E-state index contributed by atoms with van der Waals surface area (Å²) in [5.41, 5.74) is 7.08. The lowest BCUT2D eigenvalue weighted by Crippen LogP contribution is -2.43. The first-order valence-electron chi connectivity index (χ1n) is 5.82. The Morgan fingerprint density at radius 3 is 3.11 bits per heavy atom. The lowest BCUT2D eigenvalue weighted by molar-refractivity contribution is -0.132. The van der Waals surface area contributed by atoms with E-state index in [0.29, 0.717) is 18.7 Å². The van der Waals surface area contributed by atoms with Gasteiger partial charge in [-0.15, -0.1) is 0 Å². The quantitative estimate of drug-likeness (QED) is 0.788. The van der Waals surface area contributed by atoms with E-state index in [-0.39, 0.29) is 16.9 Å². The molecule has 0 aromatic carbocycles. The van der Waals surface area contributed by atoms with Crippen molar-refractivity contribution < 1.29 is 4.79 Å². The number of nitrogens with two attached hydrogens (primary N) is 1. The molecule has 0 radical (unpaired) electrons. The Bertz CT molecular complexity index is 477.